The third kappa shape index (κ3) is 4.79. The summed E-state index contributed by atoms with van der Waals surface area (Å²) in [6.07, 6.45) is 2.34. The average Bonchev–Trinajstić information content (AvgIpc) is 3.45. The minimum absolute atomic E-state index is 0.00573. The van der Waals surface area contributed by atoms with Gasteiger partial charge in [0.05, 0.1) is 13.2 Å². The second-order valence-electron chi connectivity index (χ2n) is 6.75. The summed E-state index contributed by atoms with van der Waals surface area (Å²) in [4.78, 5) is 13.9. The molecule has 1 amide bonds. The number of nitrogens with one attached hydrogen (secondary N) is 1. The van der Waals surface area contributed by atoms with E-state index in [1.54, 1.807) is 18.9 Å². The standard InChI is InChI=1S/C21H25NO2S/c1-14(2)25-19-12-8-17(9-13-19)21(23)22-20(15-4-5-15)16-6-10-18(24-3)11-7-16/h6-15,20H,4-5H2,1-3H3,(H,22,23). The van der Waals surface area contributed by atoms with Crippen LogP contribution in [0.2, 0.25) is 0 Å². The highest BCUT2D eigenvalue weighted by molar-refractivity contribution is 7.99. The second kappa shape index (κ2) is 7.96. The van der Waals surface area contributed by atoms with Crippen molar-refractivity contribution >= 4 is 17.7 Å². The van der Waals surface area contributed by atoms with Gasteiger partial charge in [0.25, 0.3) is 5.91 Å². The number of carbonyl (C=O) groups excluding carboxylic acids is 1. The van der Waals surface area contributed by atoms with Crippen LogP contribution in [-0.2, 0) is 0 Å². The van der Waals surface area contributed by atoms with E-state index in [2.05, 4.69) is 19.2 Å². The molecule has 3 rings (SSSR count). The number of benzene rings is 2. The molecule has 0 saturated heterocycles. The van der Waals surface area contributed by atoms with Crippen molar-refractivity contribution in [1.29, 1.82) is 0 Å². The van der Waals surface area contributed by atoms with Crippen molar-refractivity contribution in [3.8, 4) is 5.75 Å². The highest BCUT2D eigenvalue weighted by Gasteiger charge is 2.33. The lowest BCUT2D eigenvalue weighted by atomic mass is 10.0. The fraction of sp³-hybridized carbons (Fsp3) is 0.381. The monoisotopic (exact) mass is 355 g/mol. The maximum Gasteiger partial charge on any atom is 0.251 e. The number of thioether (sulfide) groups is 1. The lowest BCUT2D eigenvalue weighted by Gasteiger charge is -2.19. The molecule has 1 N–H and O–H groups in total. The molecular weight excluding hydrogens is 330 g/mol. The Morgan fingerprint density at radius 2 is 1.72 bits per heavy atom. The number of methoxy groups -OCH3 is 1. The molecule has 2 aromatic rings. The fourth-order valence-corrected chi connectivity index (χ4v) is 3.73. The Kier molecular flexibility index (Phi) is 5.69. The Balaban J connectivity index is 1.70. The van der Waals surface area contributed by atoms with Gasteiger partial charge in [-0.15, -0.1) is 11.8 Å². The molecular formula is C21H25NO2S. The van der Waals surface area contributed by atoms with E-state index in [0.29, 0.717) is 16.7 Å². The number of amides is 1. The first-order valence-corrected chi connectivity index (χ1v) is 9.66. The first-order chi connectivity index (χ1) is 12.1. The smallest absolute Gasteiger partial charge is 0.251 e. The zero-order valence-electron chi connectivity index (χ0n) is 15.0. The van der Waals surface area contributed by atoms with Gasteiger partial charge in [0.1, 0.15) is 5.75 Å². The lowest BCUT2D eigenvalue weighted by Crippen LogP contribution is -2.29. The molecule has 1 aliphatic carbocycles. The molecule has 1 aliphatic rings. The van der Waals surface area contributed by atoms with Crippen LogP contribution in [0.15, 0.2) is 53.4 Å². The topological polar surface area (TPSA) is 38.3 Å². The SMILES string of the molecule is COc1ccc(C(NC(=O)c2ccc(SC(C)C)cc2)C2CC2)cc1. The van der Waals surface area contributed by atoms with Gasteiger partial charge in [-0.3, -0.25) is 4.79 Å². The molecule has 4 heteroatoms. The maximum atomic E-state index is 12.7. The van der Waals surface area contributed by atoms with E-state index in [-0.39, 0.29) is 11.9 Å². The van der Waals surface area contributed by atoms with E-state index in [4.69, 9.17) is 4.74 Å². The van der Waals surface area contributed by atoms with Crippen LogP contribution in [0.3, 0.4) is 0 Å². The van der Waals surface area contributed by atoms with Gasteiger partial charge in [-0.2, -0.15) is 0 Å². The molecule has 0 radical (unpaired) electrons. The first kappa shape index (κ1) is 17.9. The van der Waals surface area contributed by atoms with Crippen molar-refractivity contribution in [2.45, 2.75) is 42.9 Å². The van der Waals surface area contributed by atoms with Gasteiger partial charge in [-0.05, 0) is 60.7 Å². The normalized spacial score (nSPS) is 15.0. The maximum absolute atomic E-state index is 12.7. The van der Waals surface area contributed by atoms with Crippen LogP contribution in [0.4, 0.5) is 0 Å². The van der Waals surface area contributed by atoms with Crippen molar-refractivity contribution in [2.75, 3.05) is 7.11 Å². The van der Waals surface area contributed by atoms with Crippen molar-refractivity contribution in [3.05, 3.63) is 59.7 Å². The number of hydrogen-bond donors (Lipinski definition) is 1. The molecule has 0 aliphatic heterocycles. The lowest BCUT2D eigenvalue weighted by molar-refractivity contribution is 0.0931. The van der Waals surface area contributed by atoms with Crippen LogP contribution in [-0.4, -0.2) is 18.3 Å². The quantitative estimate of drug-likeness (QED) is 0.704. The van der Waals surface area contributed by atoms with Crippen LogP contribution >= 0.6 is 11.8 Å². The Morgan fingerprint density at radius 1 is 1.08 bits per heavy atom. The summed E-state index contributed by atoms with van der Waals surface area (Å²) in [7, 11) is 1.66. The van der Waals surface area contributed by atoms with Gasteiger partial charge < -0.3 is 10.1 Å². The van der Waals surface area contributed by atoms with E-state index in [9.17, 15) is 4.79 Å². The number of rotatable bonds is 7. The van der Waals surface area contributed by atoms with Crippen LogP contribution in [0.25, 0.3) is 0 Å². The molecule has 132 valence electrons. The highest BCUT2D eigenvalue weighted by atomic mass is 32.2. The van der Waals surface area contributed by atoms with Gasteiger partial charge in [0, 0.05) is 15.7 Å². The van der Waals surface area contributed by atoms with E-state index < -0.39 is 0 Å². The summed E-state index contributed by atoms with van der Waals surface area (Å²) in [5, 5.41) is 3.76. The molecule has 2 aromatic carbocycles. The molecule has 0 spiro atoms. The number of ether oxygens (including phenoxy) is 1. The third-order valence-electron chi connectivity index (χ3n) is 4.34. The Bertz CT molecular complexity index is 706. The molecule has 0 bridgehead atoms. The zero-order valence-corrected chi connectivity index (χ0v) is 15.8. The molecule has 0 heterocycles. The number of hydrogen-bond acceptors (Lipinski definition) is 3. The summed E-state index contributed by atoms with van der Waals surface area (Å²) in [6.45, 7) is 4.33. The second-order valence-corrected chi connectivity index (χ2v) is 8.40. The van der Waals surface area contributed by atoms with Crippen LogP contribution in [0.5, 0.6) is 5.75 Å². The summed E-state index contributed by atoms with van der Waals surface area (Å²) in [5.74, 6) is 1.37. The minimum atomic E-state index is -0.00573. The summed E-state index contributed by atoms with van der Waals surface area (Å²) >= 11 is 1.80. The first-order valence-electron chi connectivity index (χ1n) is 8.78. The third-order valence-corrected chi connectivity index (χ3v) is 5.36. The molecule has 3 nitrogen and oxygen atoms in total. The van der Waals surface area contributed by atoms with E-state index in [0.717, 1.165) is 11.3 Å². The fourth-order valence-electron chi connectivity index (χ4n) is 2.90. The Morgan fingerprint density at radius 3 is 2.24 bits per heavy atom. The molecule has 1 saturated carbocycles. The zero-order chi connectivity index (χ0) is 17.8. The van der Waals surface area contributed by atoms with Gasteiger partial charge in [0.15, 0.2) is 0 Å². The minimum Gasteiger partial charge on any atom is -0.497 e. The van der Waals surface area contributed by atoms with Crippen LogP contribution < -0.4 is 10.1 Å². The van der Waals surface area contributed by atoms with Gasteiger partial charge in [-0.25, -0.2) is 0 Å². The molecule has 25 heavy (non-hydrogen) atoms. The van der Waals surface area contributed by atoms with Crippen molar-refractivity contribution < 1.29 is 9.53 Å². The summed E-state index contributed by atoms with van der Waals surface area (Å²) in [5.41, 5.74) is 1.86. The van der Waals surface area contributed by atoms with E-state index in [1.165, 1.54) is 17.7 Å². The highest BCUT2D eigenvalue weighted by Crippen LogP contribution is 2.41. The predicted octanol–water partition coefficient (Wildman–Crippen LogP) is 5.08. The summed E-state index contributed by atoms with van der Waals surface area (Å²) < 4.78 is 5.22. The predicted molar refractivity (Wildman–Crippen MR) is 103 cm³/mol. The molecule has 0 aromatic heterocycles. The largest absolute Gasteiger partial charge is 0.497 e. The van der Waals surface area contributed by atoms with Crippen LogP contribution in [0.1, 0.15) is 48.7 Å². The van der Waals surface area contributed by atoms with E-state index in [1.807, 2.05) is 48.5 Å². The van der Waals surface area contributed by atoms with Crippen LogP contribution in [0, 0.1) is 5.92 Å². The van der Waals surface area contributed by atoms with Gasteiger partial charge in [0.2, 0.25) is 0 Å². The molecule has 1 fully saturated rings. The number of carbonyl (C=O) groups is 1. The molecule has 1 unspecified atom stereocenters. The van der Waals surface area contributed by atoms with E-state index >= 15 is 0 Å². The Labute approximate surface area is 154 Å². The van der Waals surface area contributed by atoms with Crippen molar-refractivity contribution in [1.82, 2.24) is 5.32 Å². The van der Waals surface area contributed by atoms with Crippen molar-refractivity contribution in [3.63, 3.8) is 0 Å². The van der Waals surface area contributed by atoms with Crippen molar-refractivity contribution in [2.24, 2.45) is 5.92 Å². The van der Waals surface area contributed by atoms with Gasteiger partial charge in [-0.1, -0.05) is 26.0 Å². The molecule has 1 atom stereocenters. The van der Waals surface area contributed by atoms with Gasteiger partial charge >= 0.3 is 0 Å². The summed E-state index contributed by atoms with van der Waals surface area (Å²) in [6, 6.07) is 16.0. The Hall–Kier alpha value is -1.94. The average molecular weight is 356 g/mol.